The van der Waals surface area contributed by atoms with Gasteiger partial charge in [0.05, 0.1) is 5.70 Å². The van der Waals surface area contributed by atoms with Crippen molar-refractivity contribution in [2.75, 3.05) is 0 Å². The highest BCUT2D eigenvalue weighted by atomic mass is 14.7. The molecule has 0 unspecified atom stereocenters. The van der Waals surface area contributed by atoms with Crippen LogP contribution in [0.25, 0.3) is 5.70 Å². The van der Waals surface area contributed by atoms with E-state index in [1.54, 1.807) is 0 Å². The molecular formula is C14H19N. The van der Waals surface area contributed by atoms with Crippen LogP contribution >= 0.6 is 0 Å². The van der Waals surface area contributed by atoms with Crippen LogP contribution in [-0.2, 0) is 0 Å². The van der Waals surface area contributed by atoms with Gasteiger partial charge in [-0.3, -0.25) is 4.99 Å². The van der Waals surface area contributed by atoms with Gasteiger partial charge < -0.3 is 0 Å². The van der Waals surface area contributed by atoms with Crippen molar-refractivity contribution in [2.45, 2.75) is 33.6 Å². The maximum Gasteiger partial charge on any atom is 0.0689 e. The van der Waals surface area contributed by atoms with Crippen LogP contribution < -0.4 is 0 Å². The van der Waals surface area contributed by atoms with Crippen molar-refractivity contribution in [2.24, 2.45) is 4.99 Å². The first-order valence-corrected chi connectivity index (χ1v) is 5.59. The van der Waals surface area contributed by atoms with Crippen LogP contribution in [0, 0.1) is 0 Å². The molecule has 0 radical (unpaired) electrons. The lowest BCUT2D eigenvalue weighted by Gasteiger charge is -2.08. The van der Waals surface area contributed by atoms with E-state index in [1.807, 2.05) is 19.2 Å². The first kappa shape index (κ1) is 11.7. The summed E-state index contributed by atoms with van der Waals surface area (Å²) >= 11 is 0. The minimum absolute atomic E-state index is 1.07. The van der Waals surface area contributed by atoms with E-state index in [4.69, 9.17) is 0 Å². The standard InChI is InChI=1S/C14H19N/c1-4-12(5-2)14(15-6-3)13-10-8-7-9-11-13/h6-11H,4-5H2,1-3H3. The second-order valence-electron chi connectivity index (χ2n) is 3.41. The van der Waals surface area contributed by atoms with Crippen molar-refractivity contribution in [1.82, 2.24) is 0 Å². The fraction of sp³-hybridized carbons (Fsp3) is 0.357. The number of benzene rings is 1. The Hall–Kier alpha value is -1.37. The topological polar surface area (TPSA) is 12.4 Å². The summed E-state index contributed by atoms with van der Waals surface area (Å²) in [6.45, 7) is 6.34. The van der Waals surface area contributed by atoms with Crippen molar-refractivity contribution >= 4 is 11.9 Å². The molecule has 0 atom stereocenters. The van der Waals surface area contributed by atoms with E-state index in [9.17, 15) is 0 Å². The van der Waals surface area contributed by atoms with Crippen molar-refractivity contribution in [3.8, 4) is 0 Å². The molecule has 1 nitrogen and oxygen atoms in total. The van der Waals surface area contributed by atoms with E-state index in [0.29, 0.717) is 0 Å². The zero-order valence-electron chi connectivity index (χ0n) is 9.83. The predicted octanol–water partition coefficient (Wildman–Crippen LogP) is 4.31. The van der Waals surface area contributed by atoms with Gasteiger partial charge in [0.2, 0.25) is 0 Å². The summed E-state index contributed by atoms with van der Waals surface area (Å²) in [7, 11) is 0. The number of aliphatic imine (C=N–C) groups is 1. The lowest BCUT2D eigenvalue weighted by atomic mass is 10.0. The molecule has 0 aliphatic heterocycles. The number of allylic oxidation sites excluding steroid dienone is 1. The van der Waals surface area contributed by atoms with E-state index in [2.05, 4.69) is 43.1 Å². The Morgan fingerprint density at radius 1 is 1.13 bits per heavy atom. The van der Waals surface area contributed by atoms with Gasteiger partial charge >= 0.3 is 0 Å². The Bertz CT molecular complexity index is 341. The highest BCUT2D eigenvalue weighted by Gasteiger charge is 2.04. The summed E-state index contributed by atoms with van der Waals surface area (Å²) in [5, 5.41) is 0. The van der Waals surface area contributed by atoms with Crippen molar-refractivity contribution < 1.29 is 0 Å². The van der Waals surface area contributed by atoms with Crippen molar-refractivity contribution in [3.63, 3.8) is 0 Å². The molecule has 80 valence electrons. The highest BCUT2D eigenvalue weighted by molar-refractivity contribution is 5.74. The molecule has 0 N–H and O–H groups in total. The molecule has 0 aliphatic rings. The largest absolute Gasteiger partial charge is 0.261 e. The molecule has 1 heteroatoms. The third-order valence-corrected chi connectivity index (χ3v) is 2.49. The molecule has 0 bridgehead atoms. The van der Waals surface area contributed by atoms with Gasteiger partial charge in [0.15, 0.2) is 0 Å². The average molecular weight is 201 g/mol. The summed E-state index contributed by atoms with van der Waals surface area (Å²) in [6.07, 6.45) is 4.00. The lowest BCUT2D eigenvalue weighted by Crippen LogP contribution is -1.88. The molecule has 1 aromatic rings. The maximum atomic E-state index is 4.49. The van der Waals surface area contributed by atoms with Gasteiger partial charge in [0, 0.05) is 11.8 Å². The third kappa shape index (κ3) is 3.05. The lowest BCUT2D eigenvalue weighted by molar-refractivity contribution is 0.976. The average Bonchev–Trinajstić information content (AvgIpc) is 2.30. The molecule has 1 rings (SSSR count). The molecule has 0 aliphatic carbocycles. The fourth-order valence-corrected chi connectivity index (χ4v) is 1.68. The Morgan fingerprint density at radius 3 is 2.20 bits per heavy atom. The van der Waals surface area contributed by atoms with Crippen molar-refractivity contribution in [1.29, 1.82) is 0 Å². The first-order chi connectivity index (χ1) is 7.33. The SMILES string of the molecule is CC=NC(=C(CC)CC)c1ccccc1. The van der Waals surface area contributed by atoms with Gasteiger partial charge in [-0.1, -0.05) is 44.2 Å². The summed E-state index contributed by atoms with van der Waals surface area (Å²) in [4.78, 5) is 4.49. The van der Waals surface area contributed by atoms with E-state index >= 15 is 0 Å². The normalized spacial score (nSPS) is 10.6. The maximum absolute atomic E-state index is 4.49. The van der Waals surface area contributed by atoms with E-state index in [1.165, 1.54) is 11.1 Å². The van der Waals surface area contributed by atoms with Gasteiger partial charge in [0.1, 0.15) is 0 Å². The van der Waals surface area contributed by atoms with E-state index in [0.717, 1.165) is 18.5 Å². The summed E-state index contributed by atoms with van der Waals surface area (Å²) in [5.74, 6) is 0. The molecule has 0 saturated heterocycles. The van der Waals surface area contributed by atoms with Crippen LogP contribution in [0.1, 0.15) is 39.2 Å². The number of hydrogen-bond donors (Lipinski definition) is 0. The third-order valence-electron chi connectivity index (χ3n) is 2.49. The minimum atomic E-state index is 1.07. The zero-order valence-corrected chi connectivity index (χ0v) is 9.83. The molecular weight excluding hydrogens is 182 g/mol. The van der Waals surface area contributed by atoms with Gasteiger partial charge in [-0.05, 0) is 25.3 Å². The Labute approximate surface area is 92.6 Å². The van der Waals surface area contributed by atoms with Crippen LogP contribution in [0.5, 0.6) is 0 Å². The fourth-order valence-electron chi connectivity index (χ4n) is 1.68. The Balaban J connectivity index is 3.19. The molecule has 0 spiro atoms. The monoisotopic (exact) mass is 201 g/mol. The van der Waals surface area contributed by atoms with Crippen molar-refractivity contribution in [3.05, 3.63) is 41.5 Å². The predicted molar refractivity (Wildman–Crippen MR) is 68.1 cm³/mol. The molecule has 0 heterocycles. The summed E-state index contributed by atoms with van der Waals surface area (Å²) in [6, 6.07) is 10.4. The molecule has 1 aromatic carbocycles. The molecule has 0 fully saturated rings. The first-order valence-electron chi connectivity index (χ1n) is 5.59. The summed E-state index contributed by atoms with van der Waals surface area (Å²) in [5.41, 5.74) is 3.77. The van der Waals surface area contributed by atoms with E-state index in [-0.39, 0.29) is 0 Å². The van der Waals surface area contributed by atoms with Gasteiger partial charge in [-0.25, -0.2) is 0 Å². The molecule has 0 amide bonds. The Morgan fingerprint density at radius 2 is 1.73 bits per heavy atom. The van der Waals surface area contributed by atoms with Crippen LogP contribution in [0.4, 0.5) is 0 Å². The second-order valence-corrected chi connectivity index (χ2v) is 3.41. The Kier molecular flexibility index (Phi) is 4.82. The second kappa shape index (κ2) is 6.18. The van der Waals surface area contributed by atoms with Crippen LogP contribution in [0.2, 0.25) is 0 Å². The number of nitrogens with zero attached hydrogens (tertiary/aromatic N) is 1. The smallest absolute Gasteiger partial charge is 0.0689 e. The molecule has 15 heavy (non-hydrogen) atoms. The van der Waals surface area contributed by atoms with E-state index < -0.39 is 0 Å². The van der Waals surface area contributed by atoms with Crippen LogP contribution in [0.15, 0.2) is 40.9 Å². The van der Waals surface area contributed by atoms with Gasteiger partial charge in [0.25, 0.3) is 0 Å². The quantitative estimate of drug-likeness (QED) is 0.644. The zero-order chi connectivity index (χ0) is 11.1. The summed E-state index contributed by atoms with van der Waals surface area (Å²) < 4.78 is 0. The number of rotatable bonds is 4. The number of hydrogen-bond acceptors (Lipinski definition) is 1. The van der Waals surface area contributed by atoms with Crippen LogP contribution in [-0.4, -0.2) is 6.21 Å². The molecule has 0 saturated carbocycles. The van der Waals surface area contributed by atoms with Gasteiger partial charge in [-0.2, -0.15) is 0 Å². The molecule has 0 aromatic heterocycles. The highest BCUT2D eigenvalue weighted by Crippen LogP contribution is 2.23. The van der Waals surface area contributed by atoms with Crippen LogP contribution in [0.3, 0.4) is 0 Å². The minimum Gasteiger partial charge on any atom is -0.261 e. The van der Waals surface area contributed by atoms with Gasteiger partial charge in [-0.15, -0.1) is 0 Å².